The van der Waals surface area contributed by atoms with E-state index in [-0.39, 0.29) is 0 Å². The summed E-state index contributed by atoms with van der Waals surface area (Å²) in [7, 11) is 0. The fourth-order valence-electron chi connectivity index (χ4n) is 2.01. The summed E-state index contributed by atoms with van der Waals surface area (Å²) in [5, 5.41) is 11.9. The van der Waals surface area contributed by atoms with Gasteiger partial charge in [-0.1, -0.05) is 24.3 Å². The third-order valence-corrected chi connectivity index (χ3v) is 4.14. The Kier molecular flexibility index (Phi) is 3.87. The Hall–Kier alpha value is -2.34. The molecule has 5 nitrogen and oxygen atoms in total. The van der Waals surface area contributed by atoms with Crippen molar-refractivity contribution in [2.45, 2.75) is 17.6 Å². The molecular formula is C15H15N5S. The minimum atomic E-state index is 0.662. The van der Waals surface area contributed by atoms with Gasteiger partial charge in [0.05, 0.1) is 11.4 Å². The Labute approximate surface area is 127 Å². The number of nitrogen functional groups attached to an aromatic ring is 1. The first-order chi connectivity index (χ1) is 10.2. The maximum atomic E-state index is 6.03. The van der Waals surface area contributed by atoms with Crippen LogP contribution in [0.1, 0.15) is 11.4 Å². The molecule has 2 N–H and O–H groups in total. The van der Waals surface area contributed by atoms with Crippen molar-refractivity contribution in [3.8, 4) is 5.69 Å². The molecule has 3 aromatic rings. The molecule has 21 heavy (non-hydrogen) atoms. The zero-order valence-electron chi connectivity index (χ0n) is 11.6. The number of hydrogen-bond acceptors (Lipinski definition) is 5. The zero-order chi connectivity index (χ0) is 14.7. The summed E-state index contributed by atoms with van der Waals surface area (Å²) in [4.78, 5) is 1.04. The van der Waals surface area contributed by atoms with Crippen LogP contribution in [0.5, 0.6) is 0 Å². The Morgan fingerprint density at radius 3 is 2.71 bits per heavy atom. The molecular weight excluding hydrogens is 282 g/mol. The van der Waals surface area contributed by atoms with E-state index in [9.17, 15) is 0 Å². The van der Waals surface area contributed by atoms with Gasteiger partial charge in [0.1, 0.15) is 0 Å². The third-order valence-electron chi connectivity index (χ3n) is 3.06. The molecule has 1 heterocycles. The number of aromatic nitrogens is 4. The lowest BCUT2D eigenvalue weighted by molar-refractivity contribution is 0.777. The lowest BCUT2D eigenvalue weighted by Crippen LogP contribution is -2.02. The van der Waals surface area contributed by atoms with Gasteiger partial charge in [-0.25, -0.2) is 0 Å². The Balaban J connectivity index is 1.79. The molecule has 0 unspecified atom stereocenters. The van der Waals surface area contributed by atoms with E-state index in [2.05, 4.69) is 21.6 Å². The topological polar surface area (TPSA) is 69.6 Å². The molecule has 0 radical (unpaired) electrons. The van der Waals surface area contributed by atoms with Crippen molar-refractivity contribution >= 4 is 17.4 Å². The van der Waals surface area contributed by atoms with Crippen LogP contribution in [0.2, 0.25) is 0 Å². The minimum absolute atomic E-state index is 0.662. The first-order valence-corrected chi connectivity index (χ1v) is 7.54. The monoisotopic (exact) mass is 297 g/mol. The SMILES string of the molecule is Cc1ccc(SCc2nnnn2-c2ccccc2)c(N)c1. The maximum absolute atomic E-state index is 6.03. The van der Waals surface area contributed by atoms with Gasteiger partial charge >= 0.3 is 0 Å². The number of hydrogen-bond donors (Lipinski definition) is 1. The standard InChI is InChI=1S/C15H15N5S/c1-11-7-8-14(13(16)9-11)21-10-15-17-18-19-20(15)12-5-3-2-4-6-12/h2-9H,10,16H2,1H3. The average molecular weight is 297 g/mol. The van der Waals surface area contributed by atoms with Gasteiger partial charge in [0.2, 0.25) is 0 Å². The smallest absolute Gasteiger partial charge is 0.166 e. The van der Waals surface area contributed by atoms with Gasteiger partial charge in [-0.05, 0) is 47.2 Å². The van der Waals surface area contributed by atoms with E-state index in [1.807, 2.05) is 49.4 Å². The predicted octanol–water partition coefficient (Wildman–Crippen LogP) is 2.85. The van der Waals surface area contributed by atoms with Crippen LogP contribution in [0.15, 0.2) is 53.4 Å². The van der Waals surface area contributed by atoms with Gasteiger partial charge in [-0.3, -0.25) is 0 Å². The van der Waals surface area contributed by atoms with Gasteiger partial charge in [0.15, 0.2) is 5.82 Å². The maximum Gasteiger partial charge on any atom is 0.166 e. The Bertz CT molecular complexity index is 739. The van der Waals surface area contributed by atoms with Crippen molar-refractivity contribution in [3.05, 3.63) is 59.9 Å². The van der Waals surface area contributed by atoms with Crippen LogP contribution in [0.25, 0.3) is 5.69 Å². The van der Waals surface area contributed by atoms with Crippen molar-refractivity contribution < 1.29 is 0 Å². The lowest BCUT2D eigenvalue weighted by atomic mass is 10.2. The summed E-state index contributed by atoms with van der Waals surface area (Å²) in [6.45, 7) is 2.03. The fourth-order valence-corrected chi connectivity index (χ4v) is 2.86. The number of thioether (sulfide) groups is 1. The van der Waals surface area contributed by atoms with Crippen LogP contribution in [0, 0.1) is 6.92 Å². The number of aryl methyl sites for hydroxylation is 1. The van der Waals surface area contributed by atoms with Crippen LogP contribution < -0.4 is 5.73 Å². The highest BCUT2D eigenvalue weighted by Crippen LogP contribution is 2.28. The molecule has 0 bridgehead atoms. The Morgan fingerprint density at radius 2 is 1.95 bits per heavy atom. The first-order valence-electron chi connectivity index (χ1n) is 6.55. The van der Waals surface area contributed by atoms with Gasteiger partial charge in [0.25, 0.3) is 0 Å². The fraction of sp³-hybridized carbons (Fsp3) is 0.133. The number of benzene rings is 2. The molecule has 0 fully saturated rings. The summed E-state index contributed by atoms with van der Waals surface area (Å²) in [5.41, 5.74) is 8.93. The number of rotatable bonds is 4. The summed E-state index contributed by atoms with van der Waals surface area (Å²) < 4.78 is 1.75. The second-order valence-corrected chi connectivity index (χ2v) is 5.69. The molecule has 1 aromatic heterocycles. The molecule has 0 aliphatic heterocycles. The summed E-state index contributed by atoms with van der Waals surface area (Å²) in [6, 6.07) is 15.9. The minimum Gasteiger partial charge on any atom is -0.398 e. The second kappa shape index (κ2) is 5.97. The predicted molar refractivity (Wildman–Crippen MR) is 84.3 cm³/mol. The van der Waals surface area contributed by atoms with E-state index in [0.717, 1.165) is 27.7 Å². The highest BCUT2D eigenvalue weighted by molar-refractivity contribution is 7.98. The zero-order valence-corrected chi connectivity index (χ0v) is 12.4. The van der Waals surface area contributed by atoms with Crippen LogP contribution >= 0.6 is 11.8 Å². The summed E-state index contributed by atoms with van der Waals surface area (Å²) in [6.07, 6.45) is 0. The average Bonchev–Trinajstić information content (AvgIpc) is 2.96. The molecule has 2 aromatic carbocycles. The van der Waals surface area contributed by atoms with E-state index in [1.165, 1.54) is 0 Å². The van der Waals surface area contributed by atoms with E-state index in [1.54, 1.807) is 16.4 Å². The number of nitrogens with two attached hydrogens (primary N) is 1. The molecule has 0 saturated carbocycles. The van der Waals surface area contributed by atoms with Crippen molar-refractivity contribution in [3.63, 3.8) is 0 Å². The van der Waals surface area contributed by atoms with Gasteiger partial charge < -0.3 is 5.73 Å². The molecule has 0 amide bonds. The summed E-state index contributed by atoms with van der Waals surface area (Å²) in [5.74, 6) is 1.46. The highest BCUT2D eigenvalue weighted by Gasteiger charge is 2.09. The molecule has 0 atom stereocenters. The molecule has 0 saturated heterocycles. The number of para-hydroxylation sites is 1. The molecule has 0 aliphatic carbocycles. The molecule has 3 rings (SSSR count). The first kappa shape index (κ1) is 13.6. The van der Waals surface area contributed by atoms with Gasteiger partial charge in [-0.15, -0.1) is 16.9 Å². The normalized spacial score (nSPS) is 10.7. The summed E-state index contributed by atoms with van der Waals surface area (Å²) >= 11 is 1.63. The van der Waals surface area contributed by atoms with E-state index in [0.29, 0.717) is 5.75 Å². The van der Waals surface area contributed by atoms with Crippen molar-refractivity contribution in [2.24, 2.45) is 0 Å². The van der Waals surface area contributed by atoms with E-state index in [4.69, 9.17) is 5.73 Å². The quantitative estimate of drug-likeness (QED) is 0.592. The molecule has 0 aliphatic rings. The molecule has 0 spiro atoms. The van der Waals surface area contributed by atoms with Crippen LogP contribution in [0.4, 0.5) is 5.69 Å². The van der Waals surface area contributed by atoms with Crippen molar-refractivity contribution in [1.82, 2.24) is 20.2 Å². The molecule has 106 valence electrons. The van der Waals surface area contributed by atoms with Gasteiger partial charge in [-0.2, -0.15) is 4.68 Å². The van der Waals surface area contributed by atoms with Crippen LogP contribution in [-0.2, 0) is 5.75 Å². The highest BCUT2D eigenvalue weighted by atomic mass is 32.2. The third kappa shape index (κ3) is 3.05. The number of nitrogens with zero attached hydrogens (tertiary/aromatic N) is 4. The van der Waals surface area contributed by atoms with Crippen molar-refractivity contribution in [1.29, 1.82) is 0 Å². The lowest BCUT2D eigenvalue weighted by Gasteiger charge is -2.07. The Morgan fingerprint density at radius 1 is 1.14 bits per heavy atom. The van der Waals surface area contributed by atoms with Gasteiger partial charge in [0, 0.05) is 10.6 Å². The van der Waals surface area contributed by atoms with Crippen LogP contribution in [-0.4, -0.2) is 20.2 Å². The van der Waals surface area contributed by atoms with E-state index >= 15 is 0 Å². The van der Waals surface area contributed by atoms with Crippen LogP contribution in [0.3, 0.4) is 0 Å². The second-order valence-electron chi connectivity index (χ2n) is 4.67. The largest absolute Gasteiger partial charge is 0.398 e. The number of anilines is 1. The number of tetrazole rings is 1. The molecule has 6 heteroatoms. The van der Waals surface area contributed by atoms with E-state index < -0.39 is 0 Å². The van der Waals surface area contributed by atoms with Crippen molar-refractivity contribution in [2.75, 3.05) is 5.73 Å².